The van der Waals surface area contributed by atoms with Gasteiger partial charge >= 0.3 is 0 Å². The molecule has 0 atom stereocenters. The molecule has 0 spiro atoms. The zero-order chi connectivity index (χ0) is 18.1. The number of fused-ring (bicyclic) bond motifs is 1. The Labute approximate surface area is 148 Å². The van der Waals surface area contributed by atoms with Crippen molar-refractivity contribution in [2.24, 2.45) is 0 Å². The molecule has 0 fully saturated rings. The molecule has 26 heavy (non-hydrogen) atoms. The summed E-state index contributed by atoms with van der Waals surface area (Å²) in [6, 6.07) is 4.69. The van der Waals surface area contributed by atoms with Gasteiger partial charge in [0, 0.05) is 36.2 Å². The fourth-order valence-corrected chi connectivity index (χ4v) is 2.91. The fourth-order valence-electron chi connectivity index (χ4n) is 2.91. The third-order valence-corrected chi connectivity index (χ3v) is 4.11. The van der Waals surface area contributed by atoms with Crippen LogP contribution in [0.15, 0.2) is 43.1 Å². The summed E-state index contributed by atoms with van der Waals surface area (Å²) in [5.74, 6) is -1.01. The average Bonchev–Trinajstić information content (AvgIpc) is 3.02. The van der Waals surface area contributed by atoms with Crippen molar-refractivity contribution in [3.8, 4) is 0 Å². The molecule has 0 aromatic carbocycles. The van der Waals surface area contributed by atoms with Crippen LogP contribution in [0.4, 0.5) is 8.78 Å². The highest BCUT2D eigenvalue weighted by Crippen LogP contribution is 2.23. The van der Waals surface area contributed by atoms with Crippen LogP contribution in [0.25, 0.3) is 11.0 Å². The maximum Gasteiger partial charge on any atom is 0.216 e. The molecule has 5 nitrogen and oxygen atoms in total. The lowest BCUT2D eigenvalue weighted by molar-refractivity contribution is 0.567. The van der Waals surface area contributed by atoms with Crippen molar-refractivity contribution in [3.63, 3.8) is 0 Å². The van der Waals surface area contributed by atoms with Gasteiger partial charge in [0.1, 0.15) is 17.8 Å². The van der Waals surface area contributed by atoms with Gasteiger partial charge in [0.25, 0.3) is 0 Å². The maximum absolute atomic E-state index is 14.5. The fraction of sp³-hybridized carbons (Fsp3) is 0.105. The first-order valence-corrected chi connectivity index (χ1v) is 7.98. The van der Waals surface area contributed by atoms with Crippen LogP contribution in [-0.2, 0) is 6.42 Å². The quantitative estimate of drug-likeness (QED) is 0.572. The van der Waals surface area contributed by atoms with Crippen LogP contribution in [0.5, 0.6) is 0 Å². The van der Waals surface area contributed by atoms with E-state index in [4.69, 9.17) is 0 Å². The number of hydrogen-bond acceptors (Lipinski definition) is 4. The summed E-state index contributed by atoms with van der Waals surface area (Å²) in [5.41, 5.74) is 3.85. The van der Waals surface area contributed by atoms with Crippen molar-refractivity contribution in [3.05, 3.63) is 89.4 Å². The van der Waals surface area contributed by atoms with Crippen molar-refractivity contribution in [2.75, 3.05) is 0 Å². The number of hydrogen-bond donors (Lipinski definition) is 1. The zero-order valence-corrected chi connectivity index (χ0v) is 13.9. The van der Waals surface area contributed by atoms with Crippen LogP contribution in [0, 0.1) is 25.1 Å². The SMILES string of the molecule is Cc1ncnc2[nH]cc(Cc3ccc([CH]c4cncc(F)c4)nc3F)c12. The van der Waals surface area contributed by atoms with Crippen molar-refractivity contribution in [1.82, 2.24) is 24.9 Å². The van der Waals surface area contributed by atoms with E-state index < -0.39 is 11.8 Å². The van der Waals surface area contributed by atoms with E-state index in [9.17, 15) is 8.78 Å². The molecule has 4 heterocycles. The topological polar surface area (TPSA) is 67.3 Å². The molecule has 0 amide bonds. The summed E-state index contributed by atoms with van der Waals surface area (Å²) in [4.78, 5) is 19.2. The summed E-state index contributed by atoms with van der Waals surface area (Å²) in [6.45, 7) is 1.89. The molecular weight excluding hydrogens is 336 g/mol. The number of H-pyrrole nitrogens is 1. The lowest BCUT2D eigenvalue weighted by Gasteiger charge is -2.06. The van der Waals surface area contributed by atoms with Gasteiger partial charge in [0.15, 0.2) is 0 Å². The molecule has 0 bridgehead atoms. The number of aromatic nitrogens is 5. The molecule has 0 aliphatic heterocycles. The second kappa shape index (κ2) is 6.59. The van der Waals surface area contributed by atoms with Gasteiger partial charge in [0.2, 0.25) is 5.95 Å². The van der Waals surface area contributed by atoms with Crippen LogP contribution in [0.2, 0.25) is 0 Å². The highest BCUT2D eigenvalue weighted by molar-refractivity contribution is 5.82. The van der Waals surface area contributed by atoms with Crippen molar-refractivity contribution in [2.45, 2.75) is 13.3 Å². The van der Waals surface area contributed by atoms with E-state index in [0.717, 1.165) is 28.5 Å². The predicted molar refractivity (Wildman–Crippen MR) is 92.3 cm³/mol. The van der Waals surface area contributed by atoms with E-state index in [2.05, 4.69) is 24.9 Å². The highest BCUT2D eigenvalue weighted by atomic mass is 19.1. The maximum atomic E-state index is 14.5. The Morgan fingerprint density at radius 1 is 1.12 bits per heavy atom. The Kier molecular flexibility index (Phi) is 4.12. The van der Waals surface area contributed by atoms with E-state index in [0.29, 0.717) is 23.2 Å². The van der Waals surface area contributed by atoms with Crippen LogP contribution < -0.4 is 0 Å². The summed E-state index contributed by atoms with van der Waals surface area (Å²) >= 11 is 0. The molecule has 129 valence electrons. The monoisotopic (exact) mass is 350 g/mol. The van der Waals surface area contributed by atoms with Gasteiger partial charge in [-0.1, -0.05) is 6.07 Å². The number of pyridine rings is 2. The van der Waals surface area contributed by atoms with Crippen molar-refractivity contribution in [1.29, 1.82) is 0 Å². The molecular formula is C19H14F2N5. The van der Waals surface area contributed by atoms with Gasteiger partial charge in [-0.15, -0.1) is 0 Å². The van der Waals surface area contributed by atoms with E-state index in [1.807, 2.05) is 13.1 Å². The molecule has 7 heteroatoms. The molecule has 4 aromatic rings. The molecule has 4 aromatic heterocycles. The van der Waals surface area contributed by atoms with Gasteiger partial charge in [-0.05, 0) is 30.2 Å². The Hall–Kier alpha value is -3.22. The van der Waals surface area contributed by atoms with Crippen LogP contribution >= 0.6 is 0 Å². The Bertz CT molecular complexity index is 1090. The molecule has 1 N–H and O–H groups in total. The van der Waals surface area contributed by atoms with Crippen molar-refractivity contribution >= 4 is 11.0 Å². The smallest absolute Gasteiger partial charge is 0.216 e. The standard InChI is InChI=1S/C19H14F2N5/c1-11-17-14(8-23-19(17)25-10-24-11)6-13-2-3-16(26-18(13)21)5-12-4-15(20)9-22-7-12/h2-5,7-10H,6H2,1H3,(H,23,24,25). The largest absolute Gasteiger partial charge is 0.346 e. The Morgan fingerprint density at radius 3 is 2.81 bits per heavy atom. The molecule has 1 radical (unpaired) electrons. The first kappa shape index (κ1) is 16.3. The minimum absolute atomic E-state index is 0.370. The van der Waals surface area contributed by atoms with Gasteiger partial charge < -0.3 is 4.98 Å². The van der Waals surface area contributed by atoms with Gasteiger partial charge in [-0.2, -0.15) is 4.39 Å². The van der Waals surface area contributed by atoms with E-state index in [1.54, 1.807) is 18.6 Å². The lowest BCUT2D eigenvalue weighted by atomic mass is 10.0. The van der Waals surface area contributed by atoms with Crippen LogP contribution in [-0.4, -0.2) is 24.9 Å². The molecule has 0 saturated heterocycles. The van der Waals surface area contributed by atoms with E-state index >= 15 is 0 Å². The van der Waals surface area contributed by atoms with Gasteiger partial charge in [0.05, 0.1) is 17.6 Å². The second-order valence-corrected chi connectivity index (χ2v) is 5.94. The first-order valence-electron chi connectivity index (χ1n) is 7.98. The number of nitrogens with one attached hydrogen (secondary N) is 1. The molecule has 0 aliphatic carbocycles. The third-order valence-electron chi connectivity index (χ3n) is 4.11. The normalized spacial score (nSPS) is 11.2. The highest BCUT2D eigenvalue weighted by Gasteiger charge is 2.13. The molecule has 0 aliphatic rings. The Balaban J connectivity index is 1.60. The molecule has 0 saturated carbocycles. The number of aryl methyl sites for hydroxylation is 1. The number of aromatic amines is 1. The van der Waals surface area contributed by atoms with E-state index in [1.165, 1.54) is 18.6 Å². The summed E-state index contributed by atoms with van der Waals surface area (Å²) < 4.78 is 27.7. The minimum Gasteiger partial charge on any atom is -0.346 e. The summed E-state index contributed by atoms with van der Waals surface area (Å²) in [7, 11) is 0. The predicted octanol–water partition coefficient (Wildman–Crippen LogP) is 3.53. The number of halogens is 2. The van der Waals surface area contributed by atoms with Gasteiger partial charge in [-0.3, -0.25) is 4.98 Å². The number of rotatable bonds is 4. The average molecular weight is 350 g/mol. The molecule has 4 rings (SSSR count). The van der Waals surface area contributed by atoms with Crippen LogP contribution in [0.3, 0.4) is 0 Å². The molecule has 0 unspecified atom stereocenters. The van der Waals surface area contributed by atoms with Gasteiger partial charge in [-0.25, -0.2) is 19.3 Å². The van der Waals surface area contributed by atoms with Crippen molar-refractivity contribution < 1.29 is 8.78 Å². The second-order valence-electron chi connectivity index (χ2n) is 5.94. The Morgan fingerprint density at radius 2 is 2.00 bits per heavy atom. The lowest BCUT2D eigenvalue weighted by Crippen LogP contribution is -2.00. The minimum atomic E-state index is -0.563. The van der Waals surface area contributed by atoms with Crippen LogP contribution in [0.1, 0.15) is 28.1 Å². The zero-order valence-electron chi connectivity index (χ0n) is 13.9. The number of nitrogens with zero attached hydrogens (tertiary/aromatic N) is 4. The van der Waals surface area contributed by atoms with E-state index in [-0.39, 0.29) is 0 Å². The summed E-state index contributed by atoms with van der Waals surface area (Å²) in [6.07, 6.45) is 7.85. The third kappa shape index (κ3) is 3.15. The first-order chi connectivity index (χ1) is 12.6. The summed E-state index contributed by atoms with van der Waals surface area (Å²) in [5, 5.41) is 0.897.